The molecule has 0 radical (unpaired) electrons. The van der Waals surface area contributed by atoms with Gasteiger partial charge >= 0.3 is 0 Å². The summed E-state index contributed by atoms with van der Waals surface area (Å²) in [4.78, 5) is 2.25. The molecule has 3 rings (SSSR count). The molecule has 0 spiro atoms. The summed E-state index contributed by atoms with van der Waals surface area (Å²) in [5.41, 5.74) is 3.99. The van der Waals surface area contributed by atoms with E-state index in [0.717, 1.165) is 36.3 Å². The molecule has 0 saturated carbocycles. The highest BCUT2D eigenvalue weighted by molar-refractivity contribution is 7.85. The lowest BCUT2D eigenvalue weighted by molar-refractivity contribution is 0.483. The molecule has 21 heavy (non-hydrogen) atoms. The second kappa shape index (κ2) is 5.26. The van der Waals surface area contributed by atoms with Crippen LogP contribution in [-0.4, -0.2) is 31.0 Å². The Morgan fingerprint density at radius 1 is 1.14 bits per heavy atom. The van der Waals surface area contributed by atoms with Crippen LogP contribution in [0.5, 0.6) is 0 Å². The molecule has 1 fully saturated rings. The molecule has 0 bridgehead atoms. The summed E-state index contributed by atoms with van der Waals surface area (Å²) < 4.78 is 31.8. The van der Waals surface area contributed by atoms with Gasteiger partial charge in [-0.2, -0.15) is 8.42 Å². The standard InChI is InChI=1S/C16H17NO3S/c1-12-5-6-15(21(18,19)20)10-16(12)14-4-2-3-13(9-14)11-17-7-8-17/h2-6,9-10H,7-8,11H2,1H3,(H,18,19,20). The van der Waals surface area contributed by atoms with Crippen molar-refractivity contribution in [2.24, 2.45) is 0 Å². The Hall–Kier alpha value is -1.69. The van der Waals surface area contributed by atoms with Gasteiger partial charge in [0.1, 0.15) is 0 Å². The molecule has 1 aliphatic rings. The van der Waals surface area contributed by atoms with Crippen LogP contribution in [0.1, 0.15) is 11.1 Å². The van der Waals surface area contributed by atoms with Crippen molar-refractivity contribution in [3.63, 3.8) is 0 Å². The molecule has 0 aliphatic carbocycles. The Labute approximate surface area is 124 Å². The summed E-state index contributed by atoms with van der Waals surface area (Å²) in [5, 5.41) is 0. The van der Waals surface area contributed by atoms with Crippen molar-refractivity contribution >= 4 is 10.1 Å². The first-order valence-electron chi connectivity index (χ1n) is 6.83. The number of benzene rings is 2. The third-order valence-electron chi connectivity index (χ3n) is 3.69. The average Bonchev–Trinajstić information content (AvgIpc) is 3.22. The van der Waals surface area contributed by atoms with Crippen LogP contribution in [0.3, 0.4) is 0 Å². The maximum Gasteiger partial charge on any atom is 0.294 e. The molecule has 1 saturated heterocycles. The summed E-state index contributed by atoms with van der Waals surface area (Å²) >= 11 is 0. The highest BCUT2D eigenvalue weighted by Gasteiger charge is 2.17. The van der Waals surface area contributed by atoms with Gasteiger partial charge < -0.3 is 0 Å². The Bertz CT molecular complexity index is 780. The molecule has 1 N–H and O–H groups in total. The van der Waals surface area contributed by atoms with Crippen LogP contribution in [0.25, 0.3) is 11.1 Å². The Balaban J connectivity index is 2.02. The van der Waals surface area contributed by atoms with Gasteiger partial charge in [-0.05, 0) is 47.4 Å². The second-order valence-electron chi connectivity index (χ2n) is 5.43. The van der Waals surface area contributed by atoms with Crippen LogP contribution in [0.4, 0.5) is 0 Å². The Morgan fingerprint density at radius 2 is 1.90 bits per heavy atom. The number of nitrogens with zero attached hydrogens (tertiary/aromatic N) is 1. The first-order valence-corrected chi connectivity index (χ1v) is 8.27. The van der Waals surface area contributed by atoms with Crippen molar-refractivity contribution in [1.29, 1.82) is 0 Å². The number of rotatable bonds is 4. The molecule has 1 heterocycles. The van der Waals surface area contributed by atoms with E-state index < -0.39 is 10.1 Å². The summed E-state index contributed by atoms with van der Waals surface area (Å²) in [6.45, 7) is 5.13. The fourth-order valence-corrected chi connectivity index (χ4v) is 2.90. The number of aryl methyl sites for hydroxylation is 1. The summed E-state index contributed by atoms with van der Waals surface area (Å²) in [7, 11) is -4.18. The third-order valence-corrected chi connectivity index (χ3v) is 4.54. The smallest absolute Gasteiger partial charge is 0.294 e. The lowest BCUT2D eigenvalue weighted by atomic mass is 9.99. The van der Waals surface area contributed by atoms with Gasteiger partial charge in [-0.3, -0.25) is 9.45 Å². The molecule has 0 amide bonds. The maximum atomic E-state index is 11.3. The minimum atomic E-state index is -4.18. The zero-order valence-corrected chi connectivity index (χ0v) is 12.6. The largest absolute Gasteiger partial charge is 0.297 e. The molecule has 2 aromatic rings. The van der Waals surface area contributed by atoms with E-state index in [9.17, 15) is 13.0 Å². The molecule has 0 aromatic heterocycles. The lowest BCUT2D eigenvalue weighted by Crippen LogP contribution is -2.00. The quantitative estimate of drug-likeness (QED) is 0.697. The summed E-state index contributed by atoms with van der Waals surface area (Å²) in [6.07, 6.45) is 0. The molecule has 4 nitrogen and oxygen atoms in total. The Kier molecular flexibility index (Phi) is 3.57. The van der Waals surface area contributed by atoms with Gasteiger partial charge in [0.05, 0.1) is 4.90 Å². The van der Waals surface area contributed by atoms with Crippen LogP contribution in [0.2, 0.25) is 0 Å². The van der Waals surface area contributed by atoms with E-state index in [1.54, 1.807) is 6.07 Å². The molecule has 1 aliphatic heterocycles. The number of hydrogen-bond acceptors (Lipinski definition) is 3. The third kappa shape index (κ3) is 3.32. The predicted molar refractivity (Wildman–Crippen MR) is 81.7 cm³/mol. The summed E-state index contributed by atoms with van der Waals surface area (Å²) in [6, 6.07) is 12.8. The van der Waals surface area contributed by atoms with Gasteiger partial charge in [-0.25, -0.2) is 0 Å². The molecular formula is C16H17NO3S. The van der Waals surface area contributed by atoms with Crippen molar-refractivity contribution in [2.45, 2.75) is 18.4 Å². The molecule has 5 heteroatoms. The van der Waals surface area contributed by atoms with Crippen molar-refractivity contribution in [2.75, 3.05) is 13.1 Å². The van der Waals surface area contributed by atoms with Crippen molar-refractivity contribution in [3.8, 4) is 11.1 Å². The van der Waals surface area contributed by atoms with Gasteiger partial charge in [-0.1, -0.05) is 24.3 Å². The highest BCUT2D eigenvalue weighted by Crippen LogP contribution is 2.27. The normalized spacial score (nSPS) is 15.1. The predicted octanol–water partition coefficient (Wildman–Crippen LogP) is 2.72. The molecule has 0 unspecified atom stereocenters. The van der Waals surface area contributed by atoms with E-state index >= 15 is 0 Å². The monoisotopic (exact) mass is 303 g/mol. The first-order chi connectivity index (χ1) is 9.93. The zero-order valence-electron chi connectivity index (χ0n) is 11.8. The minimum absolute atomic E-state index is 0.0700. The van der Waals surface area contributed by atoms with E-state index in [1.807, 2.05) is 19.1 Å². The lowest BCUT2D eigenvalue weighted by Gasteiger charge is -2.10. The van der Waals surface area contributed by atoms with E-state index in [1.165, 1.54) is 17.7 Å². The Morgan fingerprint density at radius 3 is 2.57 bits per heavy atom. The zero-order chi connectivity index (χ0) is 15.0. The minimum Gasteiger partial charge on any atom is -0.297 e. The fourth-order valence-electron chi connectivity index (χ4n) is 2.40. The molecule has 2 aromatic carbocycles. The van der Waals surface area contributed by atoms with E-state index in [2.05, 4.69) is 17.0 Å². The fraction of sp³-hybridized carbons (Fsp3) is 0.250. The average molecular weight is 303 g/mol. The van der Waals surface area contributed by atoms with E-state index in [-0.39, 0.29) is 4.90 Å². The second-order valence-corrected chi connectivity index (χ2v) is 6.85. The van der Waals surface area contributed by atoms with Gasteiger partial charge in [0.2, 0.25) is 0 Å². The van der Waals surface area contributed by atoms with E-state index in [4.69, 9.17) is 0 Å². The van der Waals surface area contributed by atoms with Crippen LogP contribution in [0, 0.1) is 6.92 Å². The first kappa shape index (κ1) is 14.3. The van der Waals surface area contributed by atoms with Gasteiger partial charge in [-0.15, -0.1) is 0 Å². The van der Waals surface area contributed by atoms with Crippen molar-refractivity contribution in [3.05, 3.63) is 53.6 Å². The summed E-state index contributed by atoms with van der Waals surface area (Å²) in [5.74, 6) is 0. The van der Waals surface area contributed by atoms with Gasteiger partial charge in [0, 0.05) is 19.6 Å². The SMILES string of the molecule is Cc1ccc(S(=O)(=O)O)cc1-c1cccc(CN2CC2)c1. The number of hydrogen-bond donors (Lipinski definition) is 1. The van der Waals surface area contributed by atoms with Crippen molar-refractivity contribution < 1.29 is 13.0 Å². The van der Waals surface area contributed by atoms with Gasteiger partial charge in [0.25, 0.3) is 10.1 Å². The van der Waals surface area contributed by atoms with Crippen LogP contribution in [0.15, 0.2) is 47.4 Å². The van der Waals surface area contributed by atoms with Crippen LogP contribution in [-0.2, 0) is 16.7 Å². The van der Waals surface area contributed by atoms with Gasteiger partial charge in [0.15, 0.2) is 0 Å². The molecule has 110 valence electrons. The molecule has 0 atom stereocenters. The van der Waals surface area contributed by atoms with Crippen LogP contribution < -0.4 is 0 Å². The van der Waals surface area contributed by atoms with Crippen molar-refractivity contribution in [1.82, 2.24) is 4.90 Å². The highest BCUT2D eigenvalue weighted by atomic mass is 32.2. The maximum absolute atomic E-state index is 11.3. The molecular weight excluding hydrogens is 286 g/mol. The van der Waals surface area contributed by atoms with Crippen LogP contribution >= 0.6 is 0 Å². The van der Waals surface area contributed by atoms with E-state index in [0.29, 0.717) is 0 Å². The topological polar surface area (TPSA) is 57.4 Å².